The fraction of sp³-hybridized carbons (Fsp3) is 0.391. The maximum absolute atomic E-state index is 13.3. The van der Waals surface area contributed by atoms with Gasteiger partial charge in [0.05, 0.1) is 28.5 Å². The summed E-state index contributed by atoms with van der Waals surface area (Å²) in [6.07, 6.45) is -3.50. The van der Waals surface area contributed by atoms with Crippen molar-refractivity contribution in [2.45, 2.75) is 58.9 Å². The average molecular weight is 526 g/mol. The van der Waals surface area contributed by atoms with Crippen molar-refractivity contribution in [1.29, 1.82) is 0 Å². The quantitative estimate of drug-likeness (QED) is 0.266. The van der Waals surface area contributed by atoms with E-state index in [0.29, 0.717) is 21.2 Å². The van der Waals surface area contributed by atoms with Gasteiger partial charge in [-0.1, -0.05) is 25.4 Å². The number of thiazole rings is 1. The van der Waals surface area contributed by atoms with Crippen LogP contribution in [0.15, 0.2) is 30.5 Å². The number of carbonyl (C=O) groups is 1. The lowest BCUT2D eigenvalue weighted by Gasteiger charge is -2.27. The van der Waals surface area contributed by atoms with Gasteiger partial charge in [0.15, 0.2) is 5.65 Å². The Hall–Kier alpha value is -2.92. The second kappa shape index (κ2) is 8.94. The summed E-state index contributed by atoms with van der Waals surface area (Å²) in [5.74, 6) is 0.407. The van der Waals surface area contributed by atoms with Crippen molar-refractivity contribution < 1.29 is 22.7 Å². The molecule has 3 heterocycles. The van der Waals surface area contributed by atoms with Gasteiger partial charge in [-0.2, -0.15) is 22.8 Å². The number of benzene rings is 1. The van der Waals surface area contributed by atoms with Crippen molar-refractivity contribution in [2.24, 2.45) is 0 Å². The molecule has 0 fully saturated rings. The van der Waals surface area contributed by atoms with Gasteiger partial charge in [-0.25, -0.2) is 14.8 Å². The summed E-state index contributed by atoms with van der Waals surface area (Å²) < 4.78 is 47.1. The number of rotatable bonds is 4. The number of hydrogen-bond donors (Lipinski definition) is 0. The Kier molecular flexibility index (Phi) is 6.43. The predicted molar refractivity (Wildman–Crippen MR) is 129 cm³/mol. The molecule has 1 amide bonds. The highest BCUT2D eigenvalue weighted by atomic mass is 35.5. The van der Waals surface area contributed by atoms with Crippen LogP contribution in [0.1, 0.15) is 56.7 Å². The molecule has 0 aliphatic rings. The van der Waals surface area contributed by atoms with E-state index in [1.807, 2.05) is 13.8 Å². The largest absolute Gasteiger partial charge is 0.443 e. The Morgan fingerprint density at radius 3 is 2.54 bits per heavy atom. The fourth-order valence-corrected chi connectivity index (χ4v) is 4.56. The first kappa shape index (κ1) is 25.2. The topological polar surface area (TPSA) is 72.6 Å². The predicted octanol–water partition coefficient (Wildman–Crippen LogP) is 7.08. The molecule has 186 valence electrons. The maximum Gasteiger partial charge on any atom is 0.416 e. The highest BCUT2D eigenvalue weighted by Gasteiger charge is 2.31. The average Bonchev–Trinajstić information content (AvgIpc) is 3.32. The highest BCUT2D eigenvalue weighted by molar-refractivity contribution is 7.18. The molecule has 12 heteroatoms. The third-order valence-electron chi connectivity index (χ3n) is 5.01. The van der Waals surface area contributed by atoms with Gasteiger partial charge in [-0.15, -0.1) is 11.3 Å². The van der Waals surface area contributed by atoms with E-state index < -0.39 is 23.4 Å². The van der Waals surface area contributed by atoms with Gasteiger partial charge in [0.1, 0.15) is 21.6 Å². The van der Waals surface area contributed by atoms with Crippen LogP contribution in [0.4, 0.5) is 23.8 Å². The van der Waals surface area contributed by atoms with Crippen molar-refractivity contribution in [1.82, 2.24) is 19.6 Å². The van der Waals surface area contributed by atoms with Crippen LogP contribution in [-0.2, 0) is 17.5 Å². The van der Waals surface area contributed by atoms with Crippen LogP contribution >= 0.6 is 22.9 Å². The van der Waals surface area contributed by atoms with Gasteiger partial charge in [0.25, 0.3) is 0 Å². The highest BCUT2D eigenvalue weighted by Crippen LogP contribution is 2.34. The first-order chi connectivity index (χ1) is 16.2. The third kappa shape index (κ3) is 5.35. The molecular formula is C23H23ClF3N5O2S. The Morgan fingerprint density at radius 2 is 1.91 bits per heavy atom. The molecule has 3 aromatic heterocycles. The van der Waals surface area contributed by atoms with Crippen molar-refractivity contribution in [3.05, 3.63) is 51.7 Å². The minimum atomic E-state index is -4.48. The zero-order valence-electron chi connectivity index (χ0n) is 19.6. The maximum atomic E-state index is 13.3. The van der Waals surface area contributed by atoms with E-state index in [1.165, 1.54) is 32.9 Å². The number of alkyl halides is 3. The Labute approximate surface area is 208 Å². The molecule has 0 bridgehead atoms. The van der Waals surface area contributed by atoms with Crippen LogP contribution < -0.4 is 4.90 Å². The van der Waals surface area contributed by atoms with Gasteiger partial charge in [0, 0.05) is 11.6 Å². The minimum absolute atomic E-state index is 0.0675. The van der Waals surface area contributed by atoms with E-state index in [2.05, 4.69) is 15.1 Å². The summed E-state index contributed by atoms with van der Waals surface area (Å²) in [4.78, 5) is 23.3. The molecule has 4 aromatic rings. The van der Waals surface area contributed by atoms with Crippen LogP contribution in [0.3, 0.4) is 0 Å². The molecule has 1 aromatic carbocycles. The SMILES string of the molecule is CC(C)c1cnn2c(N(Cc3nc4cc(C(F)(F)F)ccc4s3)C(=O)OC(C)(C)C)cc(Cl)nc12. The lowest BCUT2D eigenvalue weighted by molar-refractivity contribution is -0.137. The lowest BCUT2D eigenvalue weighted by Crippen LogP contribution is -2.37. The van der Waals surface area contributed by atoms with E-state index in [9.17, 15) is 18.0 Å². The van der Waals surface area contributed by atoms with Crippen LogP contribution in [-0.4, -0.2) is 31.3 Å². The molecule has 0 aliphatic heterocycles. The summed E-state index contributed by atoms with van der Waals surface area (Å²) in [7, 11) is 0. The minimum Gasteiger partial charge on any atom is -0.443 e. The Morgan fingerprint density at radius 1 is 1.20 bits per heavy atom. The van der Waals surface area contributed by atoms with E-state index in [0.717, 1.165) is 17.7 Å². The number of fused-ring (bicyclic) bond motifs is 2. The molecule has 0 saturated heterocycles. The smallest absolute Gasteiger partial charge is 0.416 e. The molecule has 0 unspecified atom stereocenters. The van der Waals surface area contributed by atoms with E-state index in [1.54, 1.807) is 27.0 Å². The van der Waals surface area contributed by atoms with Gasteiger partial charge in [-0.05, 0) is 44.9 Å². The normalized spacial score (nSPS) is 12.6. The lowest BCUT2D eigenvalue weighted by atomic mass is 10.1. The fourth-order valence-electron chi connectivity index (χ4n) is 3.45. The standard InChI is InChI=1S/C23H23ClF3N5O2S/c1-12(2)14-10-28-32-19(9-17(24)30-20(14)32)31(21(33)34-22(3,4)5)11-18-29-15-8-13(23(25,26)27)6-7-16(15)35-18/h6-10,12H,11H2,1-5H3. The van der Waals surface area contributed by atoms with E-state index >= 15 is 0 Å². The molecule has 0 saturated carbocycles. The number of amides is 1. The van der Waals surface area contributed by atoms with Crippen LogP contribution in [0.2, 0.25) is 5.15 Å². The molecule has 35 heavy (non-hydrogen) atoms. The van der Waals surface area contributed by atoms with Crippen LogP contribution in [0, 0.1) is 0 Å². The number of aromatic nitrogens is 4. The molecule has 7 nitrogen and oxygen atoms in total. The molecule has 0 aliphatic carbocycles. The first-order valence-electron chi connectivity index (χ1n) is 10.7. The number of nitrogens with zero attached hydrogens (tertiary/aromatic N) is 5. The zero-order valence-corrected chi connectivity index (χ0v) is 21.2. The number of hydrogen-bond acceptors (Lipinski definition) is 6. The van der Waals surface area contributed by atoms with E-state index in [4.69, 9.17) is 16.3 Å². The van der Waals surface area contributed by atoms with E-state index in [-0.39, 0.29) is 23.1 Å². The zero-order chi connectivity index (χ0) is 25.7. The van der Waals surface area contributed by atoms with Gasteiger partial charge in [-0.3, -0.25) is 4.90 Å². The van der Waals surface area contributed by atoms with Gasteiger partial charge >= 0.3 is 12.3 Å². The number of anilines is 1. The Bertz CT molecular complexity index is 1410. The molecule has 0 radical (unpaired) electrons. The second-order valence-corrected chi connectivity index (χ2v) is 10.8. The van der Waals surface area contributed by atoms with Crippen LogP contribution in [0.25, 0.3) is 15.9 Å². The monoisotopic (exact) mass is 525 g/mol. The summed E-state index contributed by atoms with van der Waals surface area (Å²) in [6, 6.07) is 4.88. The summed E-state index contributed by atoms with van der Waals surface area (Å²) >= 11 is 7.50. The molecule has 0 atom stereocenters. The van der Waals surface area contributed by atoms with Crippen LogP contribution in [0.5, 0.6) is 0 Å². The second-order valence-electron chi connectivity index (χ2n) is 9.28. The number of ether oxygens (including phenoxy) is 1. The van der Waals surface area contributed by atoms with Gasteiger partial charge < -0.3 is 4.74 Å². The summed E-state index contributed by atoms with van der Waals surface area (Å²) in [6.45, 7) is 9.11. The van der Waals surface area contributed by atoms with Crippen molar-refractivity contribution in [2.75, 3.05) is 4.90 Å². The molecule has 0 N–H and O–H groups in total. The summed E-state index contributed by atoms with van der Waals surface area (Å²) in [5.41, 5.74) is -0.0461. The third-order valence-corrected chi connectivity index (χ3v) is 6.23. The first-order valence-corrected chi connectivity index (χ1v) is 11.9. The number of halogens is 4. The Balaban J connectivity index is 1.81. The number of carbonyl (C=O) groups excluding carboxylic acids is 1. The van der Waals surface area contributed by atoms with Crippen molar-refractivity contribution >= 4 is 50.7 Å². The molecule has 4 rings (SSSR count). The van der Waals surface area contributed by atoms with Crippen molar-refractivity contribution in [3.63, 3.8) is 0 Å². The summed E-state index contributed by atoms with van der Waals surface area (Å²) in [5, 5.41) is 4.98. The van der Waals surface area contributed by atoms with Gasteiger partial charge in [0.2, 0.25) is 0 Å². The molecule has 0 spiro atoms. The molecular weight excluding hydrogens is 503 g/mol. The van der Waals surface area contributed by atoms with Crippen molar-refractivity contribution in [3.8, 4) is 0 Å².